The molecule has 4 aromatic heterocycles. The molecule has 4 heterocycles. The van der Waals surface area contributed by atoms with E-state index in [1.54, 1.807) is 22.7 Å². The van der Waals surface area contributed by atoms with E-state index in [2.05, 4.69) is 114 Å². The fraction of sp³-hybridized carbons (Fsp3) is 0.0833. The van der Waals surface area contributed by atoms with Gasteiger partial charge in [-0.1, -0.05) is 56.1 Å². The van der Waals surface area contributed by atoms with Crippen molar-refractivity contribution in [1.82, 2.24) is 0 Å². The monoisotopic (exact) mass is 712 g/mol. The number of hydrogen-bond acceptors (Lipinski definition) is 4. The first-order valence-electron chi connectivity index (χ1n) is 9.61. The summed E-state index contributed by atoms with van der Waals surface area (Å²) in [6.45, 7) is 4.18. The third-order valence-corrected chi connectivity index (χ3v) is 11.1. The van der Waals surface area contributed by atoms with Crippen molar-refractivity contribution in [2.75, 3.05) is 0 Å². The van der Waals surface area contributed by atoms with Crippen LogP contribution in [0.1, 0.15) is 11.1 Å². The zero-order chi connectivity index (χ0) is 22.3. The molecule has 160 valence electrons. The second kappa shape index (κ2) is 7.82. The van der Waals surface area contributed by atoms with Gasteiger partial charge in [-0.3, -0.25) is 0 Å². The first kappa shape index (κ1) is 21.6. The fourth-order valence-electron chi connectivity index (χ4n) is 3.82. The number of furan rings is 2. The van der Waals surface area contributed by atoms with Crippen LogP contribution in [-0.2, 0) is 0 Å². The summed E-state index contributed by atoms with van der Waals surface area (Å²) in [4.78, 5) is 2.24. The molecule has 6 aromatic rings. The standard InChI is InChI=1S/C24H12Br4O2S2/c1-9-3-5-11(13(25)7-9)21-15(27)17-23(31-21)19-20(29-17)24-18(30-19)16(28)22(32-24)12-6-4-10(2)8-14(12)26/h3-8H,1-2H3. The molecule has 2 nitrogen and oxygen atoms in total. The molecule has 0 saturated heterocycles. The maximum absolute atomic E-state index is 6.39. The van der Waals surface area contributed by atoms with Gasteiger partial charge in [0, 0.05) is 20.1 Å². The van der Waals surface area contributed by atoms with E-state index in [1.165, 1.54) is 11.1 Å². The quantitative estimate of drug-likeness (QED) is 0.178. The van der Waals surface area contributed by atoms with Gasteiger partial charge in [-0.2, -0.15) is 0 Å². The summed E-state index contributed by atoms with van der Waals surface area (Å²) in [5.41, 5.74) is 7.96. The minimum Gasteiger partial charge on any atom is -0.449 e. The van der Waals surface area contributed by atoms with Crippen molar-refractivity contribution < 1.29 is 8.83 Å². The van der Waals surface area contributed by atoms with Crippen LogP contribution in [0.25, 0.3) is 52.6 Å². The van der Waals surface area contributed by atoms with E-state index in [1.807, 2.05) is 0 Å². The van der Waals surface area contributed by atoms with Gasteiger partial charge in [0.2, 0.25) is 0 Å². The van der Waals surface area contributed by atoms with Gasteiger partial charge in [-0.15, -0.1) is 22.7 Å². The number of rotatable bonds is 2. The van der Waals surface area contributed by atoms with Gasteiger partial charge < -0.3 is 8.83 Å². The largest absolute Gasteiger partial charge is 0.449 e. The van der Waals surface area contributed by atoms with Gasteiger partial charge in [0.25, 0.3) is 0 Å². The van der Waals surface area contributed by atoms with Crippen LogP contribution in [0.5, 0.6) is 0 Å². The summed E-state index contributed by atoms with van der Waals surface area (Å²) in [5, 5.41) is 0. The van der Waals surface area contributed by atoms with E-state index in [9.17, 15) is 0 Å². The van der Waals surface area contributed by atoms with Gasteiger partial charge in [0.1, 0.15) is 9.40 Å². The third-order valence-electron chi connectivity index (χ3n) is 5.38. The summed E-state index contributed by atoms with van der Waals surface area (Å²) in [6, 6.07) is 12.8. The number of thiophene rings is 2. The summed E-state index contributed by atoms with van der Waals surface area (Å²) >= 11 is 18.3. The highest BCUT2D eigenvalue weighted by molar-refractivity contribution is 9.11. The Hall–Kier alpha value is -0.900. The lowest BCUT2D eigenvalue weighted by atomic mass is 10.1. The SMILES string of the molecule is Cc1ccc(-c2sc3c(oc4c3oc3c(Br)c(-c5ccc(C)cc5Br)sc34)c2Br)c(Br)c1. The van der Waals surface area contributed by atoms with Crippen molar-refractivity contribution in [3.05, 3.63) is 65.4 Å². The lowest BCUT2D eigenvalue weighted by Gasteiger charge is -2.04. The van der Waals surface area contributed by atoms with Crippen LogP contribution in [-0.4, -0.2) is 0 Å². The molecular weight excluding hydrogens is 704 g/mol. The lowest BCUT2D eigenvalue weighted by Crippen LogP contribution is -1.79. The molecule has 32 heavy (non-hydrogen) atoms. The average molecular weight is 716 g/mol. The first-order valence-corrected chi connectivity index (χ1v) is 14.4. The highest BCUT2D eigenvalue weighted by Gasteiger charge is 2.27. The average Bonchev–Trinajstić information content (AvgIpc) is 3.43. The predicted octanol–water partition coefficient (Wildman–Crippen LogP) is 11.5. The highest BCUT2D eigenvalue weighted by atomic mass is 79.9. The van der Waals surface area contributed by atoms with Gasteiger partial charge in [0.15, 0.2) is 22.3 Å². The molecule has 0 aliphatic rings. The summed E-state index contributed by atoms with van der Waals surface area (Å²) in [5.74, 6) is 0. The van der Waals surface area contributed by atoms with Crippen LogP contribution < -0.4 is 0 Å². The van der Waals surface area contributed by atoms with Gasteiger partial charge in [-0.25, -0.2) is 0 Å². The van der Waals surface area contributed by atoms with Crippen LogP contribution in [0.15, 0.2) is 63.1 Å². The molecule has 0 bridgehead atoms. The van der Waals surface area contributed by atoms with Crippen molar-refractivity contribution in [3.63, 3.8) is 0 Å². The minimum atomic E-state index is 0.802. The number of hydrogen-bond donors (Lipinski definition) is 0. The normalized spacial score (nSPS) is 12.1. The number of fused-ring (bicyclic) bond motifs is 5. The van der Waals surface area contributed by atoms with Crippen LogP contribution in [0, 0.1) is 13.8 Å². The van der Waals surface area contributed by atoms with Crippen LogP contribution in [0.2, 0.25) is 0 Å². The van der Waals surface area contributed by atoms with Crippen LogP contribution >= 0.6 is 86.4 Å². The van der Waals surface area contributed by atoms with Gasteiger partial charge >= 0.3 is 0 Å². The van der Waals surface area contributed by atoms with Crippen molar-refractivity contribution in [3.8, 4) is 20.9 Å². The number of aryl methyl sites for hydroxylation is 2. The molecule has 0 saturated carbocycles. The second-order valence-corrected chi connectivity index (χ2v) is 13.0. The molecule has 0 N–H and O–H groups in total. The second-order valence-electron chi connectivity index (χ2n) is 7.64. The molecule has 2 aromatic carbocycles. The molecule has 6 rings (SSSR count). The van der Waals surface area contributed by atoms with Gasteiger partial charge in [-0.05, 0) is 69.0 Å². The molecule has 0 unspecified atom stereocenters. The number of halogens is 4. The molecule has 0 aliphatic heterocycles. The molecule has 8 heteroatoms. The molecule has 0 aliphatic carbocycles. The Morgan fingerprint density at radius 3 is 1.38 bits per heavy atom. The Balaban J connectivity index is 1.57. The summed E-state index contributed by atoms with van der Waals surface area (Å²) in [7, 11) is 0. The first-order chi connectivity index (χ1) is 15.3. The topological polar surface area (TPSA) is 26.3 Å². The zero-order valence-corrected chi connectivity index (χ0v) is 24.6. The minimum absolute atomic E-state index is 0.802. The van der Waals surface area contributed by atoms with Crippen molar-refractivity contribution in [2.24, 2.45) is 0 Å². The maximum atomic E-state index is 6.39. The Bertz CT molecular complexity index is 1570. The van der Waals surface area contributed by atoms with Crippen LogP contribution in [0.3, 0.4) is 0 Å². The van der Waals surface area contributed by atoms with E-state index in [0.717, 1.165) is 70.5 Å². The molecule has 0 atom stereocenters. The van der Waals surface area contributed by atoms with Crippen LogP contribution in [0.4, 0.5) is 0 Å². The molecule has 0 fully saturated rings. The Labute approximate surface area is 225 Å². The van der Waals surface area contributed by atoms with E-state index in [0.29, 0.717) is 0 Å². The maximum Gasteiger partial charge on any atom is 0.192 e. The van der Waals surface area contributed by atoms with Crippen molar-refractivity contribution in [2.45, 2.75) is 13.8 Å². The van der Waals surface area contributed by atoms with Crippen molar-refractivity contribution >= 4 is 118 Å². The lowest BCUT2D eigenvalue weighted by molar-refractivity contribution is 0.651. The molecule has 0 spiro atoms. The smallest absolute Gasteiger partial charge is 0.192 e. The molecule has 0 radical (unpaired) electrons. The van der Waals surface area contributed by atoms with E-state index in [4.69, 9.17) is 8.83 Å². The van der Waals surface area contributed by atoms with E-state index in [-0.39, 0.29) is 0 Å². The summed E-state index contributed by atoms with van der Waals surface area (Å²) in [6.07, 6.45) is 0. The fourth-order valence-corrected chi connectivity index (χ4v) is 9.48. The number of benzene rings is 2. The van der Waals surface area contributed by atoms with Crippen molar-refractivity contribution in [1.29, 1.82) is 0 Å². The van der Waals surface area contributed by atoms with Gasteiger partial charge in [0.05, 0.1) is 18.7 Å². The highest BCUT2D eigenvalue weighted by Crippen LogP contribution is 2.53. The van der Waals surface area contributed by atoms with E-state index < -0.39 is 0 Å². The summed E-state index contributed by atoms with van der Waals surface area (Å²) < 4.78 is 18.9. The Morgan fingerprint density at radius 1 is 0.594 bits per heavy atom. The third kappa shape index (κ3) is 3.17. The zero-order valence-electron chi connectivity index (χ0n) is 16.6. The Kier molecular flexibility index (Phi) is 5.28. The Morgan fingerprint density at radius 2 is 1.00 bits per heavy atom. The molecular formula is C24H12Br4O2S2. The van der Waals surface area contributed by atoms with E-state index >= 15 is 0 Å². The predicted molar refractivity (Wildman–Crippen MR) is 150 cm³/mol. The molecule has 0 amide bonds.